The van der Waals surface area contributed by atoms with E-state index >= 15 is 0 Å². The topological polar surface area (TPSA) is 29.1 Å². The lowest BCUT2D eigenvalue weighted by atomic mass is 10.1. The molecule has 1 aromatic heterocycles. The molecule has 0 aliphatic heterocycles. The predicted molar refractivity (Wildman–Crippen MR) is 71.9 cm³/mol. The van der Waals surface area contributed by atoms with Crippen molar-refractivity contribution < 1.29 is 22.4 Å². The number of alkyl halides is 3. The summed E-state index contributed by atoms with van der Waals surface area (Å²) in [6.45, 7) is 0.0614. The van der Waals surface area contributed by atoms with E-state index in [0.29, 0.717) is 27.4 Å². The Bertz CT molecular complexity index is 668. The molecule has 2 nitrogen and oxygen atoms in total. The van der Waals surface area contributed by atoms with Gasteiger partial charge in [-0.2, -0.15) is 13.2 Å². The number of nitrogens with one attached hydrogen (secondary N) is 1. The summed E-state index contributed by atoms with van der Waals surface area (Å²) in [6, 6.07) is 4.99. The average Bonchev–Trinajstić information content (AvgIpc) is 2.81. The van der Waals surface area contributed by atoms with E-state index in [-0.39, 0.29) is 6.54 Å². The molecule has 1 N–H and O–H groups in total. The standard InChI is InChI=1S/C13H8ClF4NOS/c14-11-4-2-8(21-11)6-19-12(20)9-5-7(13(16,17)18)1-3-10(9)15/h1-5H,6H2,(H,19,20). The van der Waals surface area contributed by atoms with Gasteiger partial charge in [0.15, 0.2) is 0 Å². The molecule has 2 aromatic rings. The van der Waals surface area contributed by atoms with Crippen molar-refractivity contribution in [1.29, 1.82) is 0 Å². The number of hydrogen-bond acceptors (Lipinski definition) is 2. The molecule has 1 amide bonds. The highest BCUT2D eigenvalue weighted by atomic mass is 35.5. The maximum Gasteiger partial charge on any atom is 0.416 e. The lowest BCUT2D eigenvalue weighted by molar-refractivity contribution is -0.137. The van der Waals surface area contributed by atoms with Gasteiger partial charge in [-0.1, -0.05) is 11.6 Å². The van der Waals surface area contributed by atoms with Gasteiger partial charge in [-0.25, -0.2) is 4.39 Å². The summed E-state index contributed by atoms with van der Waals surface area (Å²) in [5, 5.41) is 2.35. The van der Waals surface area contributed by atoms with Crippen LogP contribution in [-0.2, 0) is 12.7 Å². The third kappa shape index (κ3) is 3.95. The molecule has 0 saturated heterocycles. The van der Waals surface area contributed by atoms with Gasteiger partial charge in [0.05, 0.1) is 22.0 Å². The molecular weight excluding hydrogens is 330 g/mol. The first-order chi connectivity index (χ1) is 9.77. The summed E-state index contributed by atoms with van der Waals surface area (Å²) < 4.78 is 51.7. The molecule has 0 saturated carbocycles. The fourth-order valence-corrected chi connectivity index (χ4v) is 2.61. The van der Waals surface area contributed by atoms with Gasteiger partial charge < -0.3 is 5.32 Å². The number of carbonyl (C=O) groups is 1. The minimum absolute atomic E-state index is 0.0614. The Morgan fingerprint density at radius 2 is 1.95 bits per heavy atom. The van der Waals surface area contributed by atoms with Crippen LogP contribution >= 0.6 is 22.9 Å². The molecule has 0 fully saturated rings. The van der Waals surface area contributed by atoms with Crippen molar-refractivity contribution >= 4 is 28.8 Å². The lowest BCUT2D eigenvalue weighted by Gasteiger charge is -2.10. The minimum atomic E-state index is -4.63. The second-order valence-electron chi connectivity index (χ2n) is 4.08. The van der Waals surface area contributed by atoms with Crippen molar-refractivity contribution in [3.8, 4) is 0 Å². The van der Waals surface area contributed by atoms with Crippen LogP contribution in [0.5, 0.6) is 0 Å². The van der Waals surface area contributed by atoms with Crippen molar-refractivity contribution in [2.24, 2.45) is 0 Å². The summed E-state index contributed by atoms with van der Waals surface area (Å²) in [7, 11) is 0. The predicted octanol–water partition coefficient (Wildman–Crippen LogP) is 4.49. The van der Waals surface area contributed by atoms with Crippen molar-refractivity contribution in [3.05, 3.63) is 56.5 Å². The number of halogens is 5. The molecule has 112 valence electrons. The van der Waals surface area contributed by atoms with E-state index in [0.717, 1.165) is 0 Å². The molecule has 1 heterocycles. The number of carbonyl (C=O) groups excluding carboxylic acids is 1. The Kier molecular flexibility index (Phi) is 4.53. The molecule has 0 unspecified atom stereocenters. The van der Waals surface area contributed by atoms with Gasteiger partial charge in [0.1, 0.15) is 5.82 Å². The molecule has 0 spiro atoms. The third-order valence-corrected chi connectivity index (χ3v) is 3.82. The van der Waals surface area contributed by atoms with Gasteiger partial charge in [-0.15, -0.1) is 11.3 Å². The van der Waals surface area contributed by atoms with Gasteiger partial charge >= 0.3 is 6.18 Å². The summed E-state index contributed by atoms with van der Waals surface area (Å²) in [5.74, 6) is -1.92. The molecule has 0 radical (unpaired) electrons. The van der Waals surface area contributed by atoms with Crippen LogP contribution in [0.15, 0.2) is 30.3 Å². The van der Waals surface area contributed by atoms with Crippen molar-refractivity contribution in [2.75, 3.05) is 0 Å². The van der Waals surface area contributed by atoms with E-state index < -0.39 is 29.0 Å². The molecule has 0 aliphatic carbocycles. The first kappa shape index (κ1) is 15.8. The summed E-state index contributed by atoms with van der Waals surface area (Å²) >= 11 is 6.92. The van der Waals surface area contributed by atoms with Crippen LogP contribution in [0.25, 0.3) is 0 Å². The zero-order chi connectivity index (χ0) is 15.6. The van der Waals surface area contributed by atoms with Gasteiger partial charge in [-0.05, 0) is 30.3 Å². The number of amides is 1. The quantitative estimate of drug-likeness (QED) is 0.821. The van der Waals surface area contributed by atoms with Crippen molar-refractivity contribution in [1.82, 2.24) is 5.32 Å². The highest BCUT2D eigenvalue weighted by molar-refractivity contribution is 7.16. The number of rotatable bonds is 3. The molecule has 0 bridgehead atoms. The molecule has 1 aromatic carbocycles. The number of thiophene rings is 1. The Morgan fingerprint density at radius 1 is 1.24 bits per heavy atom. The SMILES string of the molecule is O=C(NCc1ccc(Cl)s1)c1cc(C(F)(F)F)ccc1F. The monoisotopic (exact) mass is 337 g/mol. The fourth-order valence-electron chi connectivity index (χ4n) is 1.58. The highest BCUT2D eigenvalue weighted by Gasteiger charge is 2.31. The maximum absolute atomic E-state index is 13.5. The normalized spacial score (nSPS) is 11.5. The number of hydrogen-bond donors (Lipinski definition) is 1. The summed E-state index contributed by atoms with van der Waals surface area (Å²) in [4.78, 5) is 12.5. The zero-order valence-electron chi connectivity index (χ0n) is 10.3. The van der Waals surface area contributed by atoms with E-state index in [1.165, 1.54) is 11.3 Å². The second-order valence-corrected chi connectivity index (χ2v) is 5.88. The molecular formula is C13H8ClF4NOS. The molecule has 0 aliphatic rings. The molecule has 2 rings (SSSR count). The molecule has 8 heteroatoms. The largest absolute Gasteiger partial charge is 0.416 e. The summed E-state index contributed by atoms with van der Waals surface area (Å²) in [5.41, 5.74) is -1.72. The van der Waals surface area contributed by atoms with E-state index in [4.69, 9.17) is 11.6 Å². The van der Waals surface area contributed by atoms with E-state index in [1.807, 2.05) is 0 Å². The fraction of sp³-hybridized carbons (Fsp3) is 0.154. The van der Waals surface area contributed by atoms with Crippen LogP contribution in [0.1, 0.15) is 20.8 Å². The Labute approximate surface area is 126 Å². The van der Waals surface area contributed by atoms with Crippen LogP contribution in [0.2, 0.25) is 4.34 Å². The van der Waals surface area contributed by atoms with Gasteiger partial charge in [0.2, 0.25) is 0 Å². The number of benzene rings is 1. The van der Waals surface area contributed by atoms with E-state index in [2.05, 4.69) is 5.32 Å². The van der Waals surface area contributed by atoms with Gasteiger partial charge in [0, 0.05) is 4.88 Å². The Morgan fingerprint density at radius 3 is 2.52 bits per heavy atom. The zero-order valence-corrected chi connectivity index (χ0v) is 11.9. The van der Waals surface area contributed by atoms with Crippen molar-refractivity contribution in [3.63, 3.8) is 0 Å². The highest BCUT2D eigenvalue weighted by Crippen LogP contribution is 2.30. The van der Waals surface area contributed by atoms with Crippen LogP contribution in [0.3, 0.4) is 0 Å². The van der Waals surface area contributed by atoms with Crippen molar-refractivity contribution in [2.45, 2.75) is 12.7 Å². The first-order valence-corrected chi connectivity index (χ1v) is 6.86. The molecule has 21 heavy (non-hydrogen) atoms. The van der Waals surface area contributed by atoms with Gasteiger partial charge in [0.25, 0.3) is 5.91 Å². The Hall–Kier alpha value is -1.60. The lowest BCUT2D eigenvalue weighted by Crippen LogP contribution is -2.24. The summed E-state index contributed by atoms with van der Waals surface area (Å²) in [6.07, 6.45) is -4.63. The van der Waals surface area contributed by atoms with Crippen LogP contribution in [0.4, 0.5) is 17.6 Å². The van der Waals surface area contributed by atoms with E-state index in [9.17, 15) is 22.4 Å². The van der Waals surface area contributed by atoms with Gasteiger partial charge in [-0.3, -0.25) is 4.79 Å². The Balaban J connectivity index is 2.15. The maximum atomic E-state index is 13.5. The second kappa shape index (κ2) is 6.03. The average molecular weight is 338 g/mol. The van der Waals surface area contributed by atoms with Crippen LogP contribution < -0.4 is 5.32 Å². The smallest absolute Gasteiger partial charge is 0.347 e. The van der Waals surface area contributed by atoms with E-state index in [1.54, 1.807) is 12.1 Å². The van der Waals surface area contributed by atoms with Crippen LogP contribution in [0, 0.1) is 5.82 Å². The minimum Gasteiger partial charge on any atom is -0.347 e. The van der Waals surface area contributed by atoms with Crippen LogP contribution in [-0.4, -0.2) is 5.91 Å². The molecule has 0 atom stereocenters. The third-order valence-electron chi connectivity index (χ3n) is 2.59. The first-order valence-electron chi connectivity index (χ1n) is 5.66.